The third-order valence-electron chi connectivity index (χ3n) is 8.82. The predicted molar refractivity (Wildman–Crippen MR) is 182 cm³/mol. The van der Waals surface area contributed by atoms with E-state index in [1.54, 1.807) is 35.2 Å². The second-order valence-electron chi connectivity index (χ2n) is 11.9. The largest absolute Gasteiger partial charge is 0.353 e. The van der Waals surface area contributed by atoms with Crippen molar-refractivity contribution >= 4 is 33.3 Å². The van der Waals surface area contributed by atoms with Crippen LogP contribution in [-0.4, -0.2) is 78.7 Å². The molecule has 1 saturated heterocycles. The van der Waals surface area contributed by atoms with Crippen LogP contribution >= 0.6 is 0 Å². The minimum absolute atomic E-state index is 0.0507. The van der Waals surface area contributed by atoms with Crippen molar-refractivity contribution < 1.29 is 9.00 Å². The fourth-order valence-electron chi connectivity index (χ4n) is 6.12. The average molecular weight is 654 g/mol. The van der Waals surface area contributed by atoms with Gasteiger partial charge in [0.2, 0.25) is 5.95 Å². The van der Waals surface area contributed by atoms with E-state index in [0.717, 1.165) is 42.4 Å². The van der Waals surface area contributed by atoms with Gasteiger partial charge in [-0.2, -0.15) is 15.3 Å². The summed E-state index contributed by atoms with van der Waals surface area (Å²) in [4.78, 5) is 31.4. The molecule has 0 spiro atoms. The Morgan fingerprint density at radius 3 is 2.45 bits per heavy atom. The van der Waals surface area contributed by atoms with Gasteiger partial charge in [-0.05, 0) is 43.4 Å². The molecule has 0 unspecified atom stereocenters. The molecule has 244 valence electrons. The molecule has 2 aliphatic rings. The summed E-state index contributed by atoms with van der Waals surface area (Å²) in [6, 6.07) is 15.8. The molecule has 4 heterocycles. The van der Waals surface area contributed by atoms with Crippen molar-refractivity contribution in [3.05, 3.63) is 78.4 Å². The lowest BCUT2D eigenvalue weighted by molar-refractivity contribution is 0.240. The van der Waals surface area contributed by atoms with E-state index in [-0.39, 0.29) is 18.1 Å². The van der Waals surface area contributed by atoms with E-state index in [1.807, 2.05) is 60.6 Å². The first-order valence-electron chi connectivity index (χ1n) is 15.8. The summed E-state index contributed by atoms with van der Waals surface area (Å²) >= 11 is 0. The molecule has 1 aliphatic heterocycles. The summed E-state index contributed by atoms with van der Waals surface area (Å²) in [5.41, 5.74) is 3.30. The third kappa shape index (κ3) is 7.52. The number of amides is 2. The third-order valence-corrected chi connectivity index (χ3v) is 11.1. The molecule has 14 heteroatoms. The normalized spacial score (nSPS) is 19.0. The molecule has 0 atom stereocenters. The first kappa shape index (κ1) is 31.9. The molecule has 13 nitrogen and oxygen atoms in total. The first-order valence-corrected chi connectivity index (χ1v) is 17.6. The quantitative estimate of drug-likeness (QED) is 0.284. The number of urea groups is 1. The van der Waals surface area contributed by atoms with Crippen molar-refractivity contribution in [1.29, 1.82) is 5.26 Å². The summed E-state index contributed by atoms with van der Waals surface area (Å²) in [5, 5.41) is 20.5. The highest BCUT2D eigenvalue weighted by molar-refractivity contribution is 7.93. The van der Waals surface area contributed by atoms with Crippen molar-refractivity contribution in [3.63, 3.8) is 0 Å². The molecule has 1 saturated carbocycles. The smallest absolute Gasteiger partial charge is 0.323 e. The van der Waals surface area contributed by atoms with E-state index in [2.05, 4.69) is 31.1 Å². The van der Waals surface area contributed by atoms with Gasteiger partial charge in [0.15, 0.2) is 5.82 Å². The number of carbonyl (C=O) groups is 1. The van der Waals surface area contributed by atoms with Gasteiger partial charge in [-0.25, -0.2) is 23.3 Å². The number of aromatic nitrogens is 5. The van der Waals surface area contributed by atoms with Crippen LogP contribution in [0, 0.1) is 11.3 Å². The summed E-state index contributed by atoms with van der Waals surface area (Å²) < 4.78 is 18.5. The Hall–Kier alpha value is -5.03. The van der Waals surface area contributed by atoms with Gasteiger partial charge >= 0.3 is 6.03 Å². The Morgan fingerprint density at radius 1 is 1.04 bits per heavy atom. The van der Waals surface area contributed by atoms with E-state index in [1.165, 1.54) is 0 Å². The Balaban J connectivity index is 1.14. The second kappa shape index (κ2) is 14.2. The standard InChI is InChI=1S/C33H39N11O2S/c1-35-47(46)16-14-43(15-17-47)31-26(18-34)21-37-32(41-31)40-28-9-11-29(12-10-28)44(33(45)38-19-24-6-4-3-5-7-24)30-13-8-25(20-36-30)27-22-39-42(2)23-27/h3-8,13,20-23,28-29H,9-12,14-17,19H2,1-2H3,(H,38,45)(H,37,40,41)/t28-,29-. The fraction of sp³-hybridized carbons (Fsp3) is 0.394. The number of pyridine rings is 1. The highest BCUT2D eigenvalue weighted by atomic mass is 32.2. The Bertz CT molecular complexity index is 1840. The van der Waals surface area contributed by atoms with Crippen LogP contribution in [0.15, 0.2) is 71.6 Å². The Kier molecular flexibility index (Phi) is 9.63. The molecule has 2 amide bonds. The lowest BCUT2D eigenvalue weighted by Gasteiger charge is -2.36. The molecule has 2 fully saturated rings. The zero-order valence-electron chi connectivity index (χ0n) is 26.6. The van der Waals surface area contributed by atoms with Gasteiger partial charge < -0.3 is 15.5 Å². The van der Waals surface area contributed by atoms with E-state index in [0.29, 0.717) is 54.3 Å². The van der Waals surface area contributed by atoms with Gasteiger partial charge in [-0.15, -0.1) is 0 Å². The summed E-state index contributed by atoms with van der Waals surface area (Å²) in [6.07, 6.45) is 10.2. The summed E-state index contributed by atoms with van der Waals surface area (Å²) in [6.45, 7) is 1.46. The molecule has 1 aliphatic carbocycles. The second-order valence-corrected chi connectivity index (χ2v) is 14.6. The average Bonchev–Trinajstić information content (AvgIpc) is 3.55. The van der Waals surface area contributed by atoms with Crippen LogP contribution in [-0.2, 0) is 23.3 Å². The van der Waals surface area contributed by atoms with Gasteiger partial charge in [0.1, 0.15) is 17.5 Å². The van der Waals surface area contributed by atoms with Crippen LogP contribution in [0.5, 0.6) is 0 Å². The predicted octanol–water partition coefficient (Wildman–Crippen LogP) is 4.20. The highest BCUT2D eigenvalue weighted by Gasteiger charge is 2.32. The number of anilines is 3. The van der Waals surface area contributed by atoms with E-state index >= 15 is 0 Å². The zero-order valence-corrected chi connectivity index (χ0v) is 27.4. The molecule has 47 heavy (non-hydrogen) atoms. The van der Waals surface area contributed by atoms with Crippen molar-refractivity contribution in [1.82, 2.24) is 30.0 Å². The molecule has 4 aromatic rings. The van der Waals surface area contributed by atoms with Gasteiger partial charge in [0.25, 0.3) is 0 Å². The van der Waals surface area contributed by atoms with Crippen LogP contribution < -0.4 is 20.4 Å². The lowest BCUT2D eigenvalue weighted by Crippen LogP contribution is -2.49. The summed E-state index contributed by atoms with van der Waals surface area (Å²) in [5.74, 6) is 2.50. The van der Waals surface area contributed by atoms with Crippen molar-refractivity contribution in [2.45, 2.75) is 44.3 Å². The maximum Gasteiger partial charge on any atom is 0.323 e. The first-order chi connectivity index (χ1) is 22.8. The van der Waals surface area contributed by atoms with Crippen LogP contribution in [0.3, 0.4) is 0 Å². The lowest BCUT2D eigenvalue weighted by atomic mass is 9.90. The number of hydrogen-bond donors (Lipinski definition) is 2. The number of nitriles is 1. The molecular formula is C33H39N11O2S. The van der Waals surface area contributed by atoms with Crippen molar-refractivity contribution in [2.75, 3.05) is 46.8 Å². The highest BCUT2D eigenvalue weighted by Crippen LogP contribution is 2.30. The number of benzene rings is 1. The van der Waals surface area contributed by atoms with Crippen LogP contribution in [0.4, 0.5) is 22.4 Å². The maximum atomic E-state index is 13.7. The zero-order chi connectivity index (χ0) is 32.8. The van der Waals surface area contributed by atoms with Crippen LogP contribution in [0.25, 0.3) is 11.1 Å². The minimum atomic E-state index is -2.19. The van der Waals surface area contributed by atoms with E-state index in [9.17, 15) is 14.3 Å². The van der Waals surface area contributed by atoms with Gasteiger partial charge in [-0.1, -0.05) is 30.3 Å². The summed E-state index contributed by atoms with van der Waals surface area (Å²) in [7, 11) is 1.29. The minimum Gasteiger partial charge on any atom is -0.353 e. The number of nitrogens with one attached hydrogen (secondary N) is 2. The molecule has 6 rings (SSSR count). The maximum absolute atomic E-state index is 13.7. The Morgan fingerprint density at radius 2 is 1.81 bits per heavy atom. The molecule has 3 aromatic heterocycles. The molecule has 1 aromatic carbocycles. The number of aryl methyl sites for hydroxylation is 1. The number of carbonyl (C=O) groups excluding carboxylic acids is 1. The Labute approximate surface area is 275 Å². The van der Waals surface area contributed by atoms with Crippen molar-refractivity contribution in [2.24, 2.45) is 11.4 Å². The van der Waals surface area contributed by atoms with Crippen LogP contribution in [0.2, 0.25) is 0 Å². The molecule has 0 radical (unpaired) electrons. The number of nitrogens with zero attached hydrogens (tertiary/aromatic N) is 9. The SMILES string of the molecule is CN=S1(=O)CCN(c2nc(N[C@H]3CC[C@H](N(C(=O)NCc4ccccc4)c4ccc(-c5cnn(C)c5)cn4)CC3)ncc2C#N)CC1. The van der Waals surface area contributed by atoms with Gasteiger partial charge in [0, 0.05) is 90.6 Å². The van der Waals surface area contributed by atoms with Crippen molar-refractivity contribution in [3.8, 4) is 17.2 Å². The van der Waals surface area contributed by atoms with E-state index < -0.39 is 9.73 Å². The van der Waals surface area contributed by atoms with Gasteiger partial charge in [0.05, 0.1) is 12.4 Å². The molecular weight excluding hydrogens is 615 g/mol. The number of rotatable bonds is 8. The monoisotopic (exact) mass is 653 g/mol. The molecule has 2 N–H and O–H groups in total. The van der Waals surface area contributed by atoms with E-state index in [4.69, 9.17) is 9.97 Å². The topological polar surface area (TPSA) is 157 Å². The fourth-order valence-corrected chi connectivity index (χ4v) is 7.70. The van der Waals surface area contributed by atoms with Gasteiger partial charge in [-0.3, -0.25) is 9.58 Å². The number of hydrogen-bond acceptors (Lipinski definition) is 10. The molecule has 0 bridgehead atoms. The van der Waals surface area contributed by atoms with Crippen LogP contribution in [0.1, 0.15) is 36.8 Å².